The van der Waals surface area contributed by atoms with E-state index in [2.05, 4.69) is 10.3 Å². The Bertz CT molecular complexity index is 602. The molecule has 7 heteroatoms. The zero-order valence-electron chi connectivity index (χ0n) is 9.85. The maximum atomic E-state index is 12.2. The fraction of sp³-hybridized carbons (Fsp3) is 0.333. The number of fused-ring (bicyclic) bond motifs is 1. The molecule has 3 heterocycles. The molecule has 1 saturated heterocycles. The summed E-state index contributed by atoms with van der Waals surface area (Å²) in [6.07, 6.45) is 0.0549. The minimum Gasteiger partial charge on any atom is -0.347 e. The summed E-state index contributed by atoms with van der Waals surface area (Å²) in [5, 5.41) is 2.72. The van der Waals surface area contributed by atoms with Gasteiger partial charge in [-0.25, -0.2) is 4.98 Å². The van der Waals surface area contributed by atoms with Crippen molar-refractivity contribution < 1.29 is 14.4 Å². The van der Waals surface area contributed by atoms with Crippen LogP contribution >= 0.6 is 11.6 Å². The summed E-state index contributed by atoms with van der Waals surface area (Å²) < 4.78 is 0. The van der Waals surface area contributed by atoms with Crippen molar-refractivity contribution in [1.82, 2.24) is 15.2 Å². The van der Waals surface area contributed by atoms with Gasteiger partial charge in [-0.05, 0) is 6.07 Å². The van der Waals surface area contributed by atoms with E-state index in [1.165, 1.54) is 4.90 Å². The molecule has 0 radical (unpaired) electrons. The number of aromatic nitrogens is 1. The predicted molar refractivity (Wildman–Crippen MR) is 65.5 cm³/mol. The summed E-state index contributed by atoms with van der Waals surface area (Å²) in [5.41, 5.74) is 0.985. The third-order valence-corrected chi connectivity index (χ3v) is 3.52. The number of rotatable bonds is 1. The Hall–Kier alpha value is -1.95. The fourth-order valence-electron chi connectivity index (χ4n) is 2.36. The van der Waals surface area contributed by atoms with Gasteiger partial charge in [-0.15, -0.1) is 0 Å². The molecule has 1 fully saturated rings. The summed E-state index contributed by atoms with van der Waals surface area (Å²) in [5.74, 6) is -0.737. The molecular weight excluding hydrogens is 270 g/mol. The van der Waals surface area contributed by atoms with E-state index in [-0.39, 0.29) is 48.0 Å². The Balaban J connectivity index is 1.91. The topological polar surface area (TPSA) is 79.4 Å². The molecule has 0 aliphatic carbocycles. The van der Waals surface area contributed by atoms with Gasteiger partial charge in [0.2, 0.25) is 5.91 Å². The van der Waals surface area contributed by atoms with Gasteiger partial charge in [0, 0.05) is 18.5 Å². The minimum atomic E-state index is -0.748. The molecule has 2 amide bonds. The Labute approximate surface area is 113 Å². The number of nitrogens with zero attached hydrogens (tertiary/aromatic N) is 2. The van der Waals surface area contributed by atoms with Crippen molar-refractivity contribution in [2.45, 2.75) is 19.0 Å². The second kappa shape index (κ2) is 4.31. The molecule has 0 spiro atoms. The average Bonchev–Trinajstić information content (AvgIpc) is 2.70. The van der Waals surface area contributed by atoms with Gasteiger partial charge in [-0.2, -0.15) is 0 Å². The van der Waals surface area contributed by atoms with Crippen molar-refractivity contribution >= 4 is 29.2 Å². The van der Waals surface area contributed by atoms with E-state index in [1.54, 1.807) is 12.1 Å². The summed E-state index contributed by atoms with van der Waals surface area (Å²) in [6.45, 7) is 0.318. The number of nitrogens with one attached hydrogen (secondary N) is 1. The molecule has 19 heavy (non-hydrogen) atoms. The number of ketones is 1. The average molecular weight is 280 g/mol. The first kappa shape index (κ1) is 12.1. The van der Waals surface area contributed by atoms with Gasteiger partial charge in [0.05, 0.1) is 6.54 Å². The van der Waals surface area contributed by atoms with E-state index in [9.17, 15) is 14.4 Å². The van der Waals surface area contributed by atoms with E-state index in [0.717, 1.165) is 5.56 Å². The van der Waals surface area contributed by atoms with Gasteiger partial charge >= 0.3 is 0 Å². The number of amides is 2. The lowest BCUT2D eigenvalue weighted by atomic mass is 10.0. The number of hydrogen-bond donors (Lipinski definition) is 1. The Morgan fingerprint density at radius 2 is 2.11 bits per heavy atom. The Morgan fingerprint density at radius 3 is 2.89 bits per heavy atom. The van der Waals surface area contributed by atoms with Crippen LogP contribution in [0.3, 0.4) is 0 Å². The minimum absolute atomic E-state index is 0.0361. The second-order valence-electron chi connectivity index (χ2n) is 4.55. The van der Waals surface area contributed by atoms with Gasteiger partial charge in [-0.1, -0.05) is 17.7 Å². The number of hydrogen-bond acceptors (Lipinski definition) is 4. The lowest BCUT2D eigenvalue weighted by Gasteiger charge is -2.29. The first-order valence-electron chi connectivity index (χ1n) is 5.82. The highest BCUT2D eigenvalue weighted by Gasteiger charge is 2.40. The normalized spacial score (nSPS) is 22.5. The number of halogens is 1. The highest BCUT2D eigenvalue weighted by Crippen LogP contribution is 2.26. The molecule has 1 N–H and O–H groups in total. The zero-order chi connectivity index (χ0) is 13.6. The monoisotopic (exact) mass is 279 g/mol. The summed E-state index contributed by atoms with van der Waals surface area (Å²) in [6, 6.07) is 2.57. The molecule has 98 valence electrons. The zero-order valence-corrected chi connectivity index (χ0v) is 10.6. The lowest BCUT2D eigenvalue weighted by molar-refractivity contribution is -0.134. The van der Waals surface area contributed by atoms with Gasteiger partial charge in [-0.3, -0.25) is 14.4 Å². The molecule has 3 rings (SSSR count). The number of pyridine rings is 1. The van der Waals surface area contributed by atoms with Crippen LogP contribution in [0.2, 0.25) is 5.15 Å². The quantitative estimate of drug-likeness (QED) is 0.742. The van der Waals surface area contributed by atoms with E-state index >= 15 is 0 Å². The van der Waals surface area contributed by atoms with Crippen molar-refractivity contribution in [1.29, 1.82) is 0 Å². The number of carbonyl (C=O) groups is 3. The lowest BCUT2D eigenvalue weighted by Crippen LogP contribution is -2.53. The standard InChI is InChI=1S/C12H10ClN3O3/c13-9-2-1-6-5-16(12(19)10(6)15-9)8-3-7(17)4-14-11(8)18/h1-2,8H,3-5H2,(H,14,18). The predicted octanol–water partition coefficient (Wildman–Crippen LogP) is 0.148. The summed E-state index contributed by atoms with van der Waals surface area (Å²) in [4.78, 5) is 40.8. The van der Waals surface area contributed by atoms with Crippen molar-refractivity contribution in [2.24, 2.45) is 0 Å². The Kier molecular flexibility index (Phi) is 2.74. The highest BCUT2D eigenvalue weighted by molar-refractivity contribution is 6.29. The smallest absolute Gasteiger partial charge is 0.273 e. The van der Waals surface area contributed by atoms with Crippen LogP contribution in [0.15, 0.2) is 12.1 Å². The second-order valence-corrected chi connectivity index (χ2v) is 4.94. The van der Waals surface area contributed by atoms with E-state index < -0.39 is 6.04 Å². The van der Waals surface area contributed by atoms with Crippen LogP contribution in [0.25, 0.3) is 0 Å². The van der Waals surface area contributed by atoms with Crippen molar-refractivity contribution in [3.05, 3.63) is 28.5 Å². The molecule has 1 aromatic heterocycles. The molecule has 1 aromatic rings. The van der Waals surface area contributed by atoms with E-state index in [4.69, 9.17) is 11.6 Å². The molecule has 1 unspecified atom stereocenters. The van der Waals surface area contributed by atoms with E-state index in [1.807, 2.05) is 0 Å². The van der Waals surface area contributed by atoms with Crippen LogP contribution in [0.1, 0.15) is 22.5 Å². The van der Waals surface area contributed by atoms with Crippen LogP contribution in [0, 0.1) is 0 Å². The number of Topliss-reactive ketones (excluding diaryl/α,β-unsaturated/α-hetero) is 1. The molecule has 0 aromatic carbocycles. The molecule has 6 nitrogen and oxygen atoms in total. The maximum Gasteiger partial charge on any atom is 0.273 e. The first-order valence-corrected chi connectivity index (χ1v) is 6.20. The van der Waals surface area contributed by atoms with Crippen LogP contribution < -0.4 is 5.32 Å². The van der Waals surface area contributed by atoms with E-state index in [0.29, 0.717) is 0 Å². The molecule has 0 bridgehead atoms. The third kappa shape index (κ3) is 1.98. The van der Waals surface area contributed by atoms with Gasteiger partial charge < -0.3 is 10.2 Å². The SMILES string of the molecule is O=C1CNC(=O)C(N2Cc3ccc(Cl)nc3C2=O)C1. The van der Waals surface area contributed by atoms with Crippen LogP contribution in [-0.2, 0) is 16.1 Å². The highest BCUT2D eigenvalue weighted by atomic mass is 35.5. The molecule has 2 aliphatic heterocycles. The molecule has 1 atom stereocenters. The first-order chi connectivity index (χ1) is 9.06. The third-order valence-electron chi connectivity index (χ3n) is 3.31. The van der Waals surface area contributed by atoms with Gasteiger partial charge in [0.15, 0.2) is 5.78 Å². The summed E-state index contributed by atoms with van der Waals surface area (Å²) in [7, 11) is 0. The van der Waals surface area contributed by atoms with Crippen LogP contribution in [0.4, 0.5) is 0 Å². The number of piperidine rings is 1. The molecule has 0 saturated carbocycles. The van der Waals surface area contributed by atoms with Crippen molar-refractivity contribution in [3.8, 4) is 0 Å². The van der Waals surface area contributed by atoms with Gasteiger partial charge in [0.25, 0.3) is 5.91 Å². The summed E-state index contributed by atoms with van der Waals surface area (Å²) >= 11 is 5.76. The van der Waals surface area contributed by atoms with Crippen LogP contribution in [-0.4, -0.2) is 40.1 Å². The largest absolute Gasteiger partial charge is 0.347 e. The maximum absolute atomic E-state index is 12.2. The molecule has 2 aliphatic rings. The van der Waals surface area contributed by atoms with Crippen molar-refractivity contribution in [3.63, 3.8) is 0 Å². The van der Waals surface area contributed by atoms with Crippen molar-refractivity contribution in [2.75, 3.05) is 6.54 Å². The fourth-order valence-corrected chi connectivity index (χ4v) is 2.50. The molecular formula is C12H10ClN3O3. The van der Waals surface area contributed by atoms with Crippen LogP contribution in [0.5, 0.6) is 0 Å². The number of carbonyl (C=O) groups excluding carboxylic acids is 3. The Morgan fingerprint density at radius 1 is 1.32 bits per heavy atom. The van der Waals surface area contributed by atoms with Gasteiger partial charge in [0.1, 0.15) is 16.9 Å².